The van der Waals surface area contributed by atoms with Crippen molar-refractivity contribution < 1.29 is 4.39 Å². The van der Waals surface area contributed by atoms with Gasteiger partial charge in [0.2, 0.25) is 0 Å². The molecule has 0 saturated carbocycles. The molecule has 0 radical (unpaired) electrons. The van der Waals surface area contributed by atoms with E-state index in [0.717, 1.165) is 11.3 Å². The summed E-state index contributed by atoms with van der Waals surface area (Å²) in [4.78, 5) is 0. The van der Waals surface area contributed by atoms with Crippen LogP contribution in [-0.4, -0.2) is 15.0 Å². The highest BCUT2D eigenvalue weighted by atomic mass is 19.1. The van der Waals surface area contributed by atoms with Gasteiger partial charge in [0.1, 0.15) is 11.5 Å². The maximum absolute atomic E-state index is 12.9. The number of hydrogen-bond acceptors (Lipinski definition) is 3. The van der Waals surface area contributed by atoms with Crippen molar-refractivity contribution in [1.82, 2.24) is 15.0 Å². The van der Waals surface area contributed by atoms with Gasteiger partial charge in [-0.15, -0.1) is 5.10 Å². The van der Waals surface area contributed by atoms with Crippen LogP contribution in [0.3, 0.4) is 0 Å². The SMILES string of the molecule is Nc1ccc(-n2cc(-c3ccc(F)cc3)nn2)cc1. The van der Waals surface area contributed by atoms with Crippen molar-refractivity contribution in [2.45, 2.75) is 0 Å². The zero-order valence-corrected chi connectivity index (χ0v) is 9.99. The van der Waals surface area contributed by atoms with Gasteiger partial charge >= 0.3 is 0 Å². The number of aromatic nitrogens is 3. The molecular formula is C14H11FN4. The van der Waals surface area contributed by atoms with E-state index in [9.17, 15) is 4.39 Å². The van der Waals surface area contributed by atoms with Gasteiger partial charge in [-0.1, -0.05) is 5.21 Å². The molecule has 0 unspecified atom stereocenters. The van der Waals surface area contributed by atoms with Gasteiger partial charge in [-0.3, -0.25) is 0 Å². The number of nitrogens with zero attached hydrogens (tertiary/aromatic N) is 3. The fourth-order valence-corrected chi connectivity index (χ4v) is 1.77. The number of rotatable bonds is 2. The van der Waals surface area contributed by atoms with E-state index in [1.165, 1.54) is 12.1 Å². The second-order valence-electron chi connectivity index (χ2n) is 4.15. The van der Waals surface area contributed by atoms with E-state index in [4.69, 9.17) is 5.73 Å². The Balaban J connectivity index is 1.95. The van der Waals surface area contributed by atoms with Crippen LogP contribution < -0.4 is 5.73 Å². The first kappa shape index (κ1) is 11.4. The molecule has 2 aromatic carbocycles. The number of nitrogen functional groups attached to an aromatic ring is 1. The Hall–Kier alpha value is -2.69. The third-order valence-electron chi connectivity index (χ3n) is 2.79. The molecule has 3 rings (SSSR count). The standard InChI is InChI=1S/C14H11FN4/c15-11-3-1-10(2-4-11)14-9-19(18-17-14)13-7-5-12(16)6-8-13/h1-9H,16H2. The van der Waals surface area contributed by atoms with E-state index >= 15 is 0 Å². The summed E-state index contributed by atoms with van der Waals surface area (Å²) in [6.07, 6.45) is 1.79. The van der Waals surface area contributed by atoms with Crippen LogP contribution in [-0.2, 0) is 0 Å². The van der Waals surface area contributed by atoms with E-state index < -0.39 is 0 Å². The van der Waals surface area contributed by atoms with Gasteiger partial charge < -0.3 is 5.73 Å². The van der Waals surface area contributed by atoms with E-state index in [0.29, 0.717) is 11.4 Å². The number of hydrogen-bond donors (Lipinski definition) is 1. The summed E-state index contributed by atoms with van der Waals surface area (Å²) in [7, 11) is 0. The normalized spacial score (nSPS) is 10.6. The summed E-state index contributed by atoms with van der Waals surface area (Å²) in [6.45, 7) is 0. The topological polar surface area (TPSA) is 56.7 Å². The maximum Gasteiger partial charge on any atom is 0.123 e. The van der Waals surface area contributed by atoms with E-state index in [2.05, 4.69) is 10.3 Å². The van der Waals surface area contributed by atoms with E-state index in [1.54, 1.807) is 35.1 Å². The van der Waals surface area contributed by atoms with Crippen LogP contribution in [0.25, 0.3) is 16.9 Å². The third-order valence-corrected chi connectivity index (χ3v) is 2.79. The molecule has 0 fully saturated rings. The van der Waals surface area contributed by atoms with Crippen molar-refractivity contribution in [2.24, 2.45) is 0 Å². The summed E-state index contributed by atoms with van der Waals surface area (Å²) >= 11 is 0. The first-order valence-electron chi connectivity index (χ1n) is 5.76. The largest absolute Gasteiger partial charge is 0.399 e. The van der Waals surface area contributed by atoms with Gasteiger partial charge in [0.05, 0.1) is 11.9 Å². The van der Waals surface area contributed by atoms with Crippen LogP contribution in [0.4, 0.5) is 10.1 Å². The smallest absolute Gasteiger partial charge is 0.123 e. The summed E-state index contributed by atoms with van der Waals surface area (Å²) in [5.74, 6) is -0.269. The minimum Gasteiger partial charge on any atom is -0.399 e. The molecule has 0 saturated heterocycles. The summed E-state index contributed by atoms with van der Waals surface area (Å²) in [6, 6.07) is 13.5. The molecule has 4 nitrogen and oxygen atoms in total. The Morgan fingerprint density at radius 1 is 0.947 bits per heavy atom. The highest BCUT2D eigenvalue weighted by molar-refractivity contribution is 5.58. The predicted molar refractivity (Wildman–Crippen MR) is 71.2 cm³/mol. The molecule has 0 aliphatic heterocycles. The highest BCUT2D eigenvalue weighted by Crippen LogP contribution is 2.18. The molecular weight excluding hydrogens is 243 g/mol. The first-order chi connectivity index (χ1) is 9.22. The number of benzene rings is 2. The monoisotopic (exact) mass is 254 g/mol. The van der Waals surface area contributed by atoms with Crippen molar-refractivity contribution >= 4 is 5.69 Å². The molecule has 2 N–H and O–H groups in total. The molecule has 5 heteroatoms. The lowest BCUT2D eigenvalue weighted by Crippen LogP contribution is -1.95. The Morgan fingerprint density at radius 3 is 2.32 bits per heavy atom. The van der Waals surface area contributed by atoms with E-state index in [1.807, 2.05) is 12.1 Å². The Labute approximate surface area is 109 Å². The molecule has 0 amide bonds. The van der Waals surface area contributed by atoms with Gasteiger partial charge in [-0.2, -0.15) is 0 Å². The van der Waals surface area contributed by atoms with Gasteiger partial charge in [0, 0.05) is 11.3 Å². The molecule has 1 heterocycles. The molecule has 19 heavy (non-hydrogen) atoms. The molecule has 0 aliphatic carbocycles. The van der Waals surface area contributed by atoms with Crippen molar-refractivity contribution in [1.29, 1.82) is 0 Å². The van der Waals surface area contributed by atoms with Crippen LogP contribution >= 0.6 is 0 Å². The second kappa shape index (κ2) is 4.53. The molecule has 94 valence electrons. The van der Waals surface area contributed by atoms with Crippen LogP contribution in [0.2, 0.25) is 0 Å². The third kappa shape index (κ3) is 2.30. The lowest BCUT2D eigenvalue weighted by molar-refractivity contribution is 0.628. The van der Waals surface area contributed by atoms with E-state index in [-0.39, 0.29) is 5.82 Å². The van der Waals surface area contributed by atoms with Crippen molar-refractivity contribution in [3.63, 3.8) is 0 Å². The fraction of sp³-hybridized carbons (Fsp3) is 0. The zero-order valence-electron chi connectivity index (χ0n) is 9.99. The average Bonchev–Trinajstić information content (AvgIpc) is 2.90. The van der Waals surface area contributed by atoms with Crippen molar-refractivity contribution in [3.8, 4) is 16.9 Å². The first-order valence-corrected chi connectivity index (χ1v) is 5.76. The lowest BCUT2D eigenvalue weighted by atomic mass is 10.2. The van der Waals surface area contributed by atoms with Crippen molar-refractivity contribution in [3.05, 3.63) is 60.5 Å². The summed E-state index contributed by atoms with van der Waals surface area (Å²) in [5.41, 5.74) is 8.72. The molecule has 1 aromatic heterocycles. The Kier molecular flexibility index (Phi) is 2.72. The molecule has 0 spiro atoms. The van der Waals surface area contributed by atoms with Gasteiger partial charge in [-0.05, 0) is 48.5 Å². The average molecular weight is 254 g/mol. The highest BCUT2D eigenvalue weighted by Gasteiger charge is 2.05. The predicted octanol–water partition coefficient (Wildman–Crippen LogP) is 2.66. The van der Waals surface area contributed by atoms with Crippen LogP contribution in [0, 0.1) is 5.82 Å². The zero-order chi connectivity index (χ0) is 13.2. The quantitative estimate of drug-likeness (QED) is 0.715. The Bertz CT molecular complexity index is 626. The summed E-state index contributed by atoms with van der Waals surface area (Å²) < 4.78 is 14.5. The number of nitrogens with two attached hydrogens (primary N) is 1. The summed E-state index contributed by atoms with van der Waals surface area (Å²) in [5, 5.41) is 8.12. The second-order valence-corrected chi connectivity index (χ2v) is 4.15. The van der Waals surface area contributed by atoms with Crippen LogP contribution in [0.5, 0.6) is 0 Å². The lowest BCUT2D eigenvalue weighted by Gasteiger charge is -1.99. The molecule has 0 aliphatic rings. The fourth-order valence-electron chi connectivity index (χ4n) is 1.77. The molecule has 0 bridgehead atoms. The van der Waals surface area contributed by atoms with Crippen LogP contribution in [0.15, 0.2) is 54.7 Å². The van der Waals surface area contributed by atoms with Gasteiger partial charge in [0.15, 0.2) is 0 Å². The minimum absolute atomic E-state index is 0.269. The molecule has 3 aromatic rings. The minimum atomic E-state index is -0.269. The number of halogens is 1. The number of anilines is 1. The van der Waals surface area contributed by atoms with Gasteiger partial charge in [-0.25, -0.2) is 9.07 Å². The van der Waals surface area contributed by atoms with Crippen LogP contribution in [0.1, 0.15) is 0 Å². The maximum atomic E-state index is 12.9. The van der Waals surface area contributed by atoms with Crippen molar-refractivity contribution in [2.75, 3.05) is 5.73 Å². The Morgan fingerprint density at radius 2 is 1.63 bits per heavy atom. The van der Waals surface area contributed by atoms with Gasteiger partial charge in [0.25, 0.3) is 0 Å². The molecule has 0 atom stereocenters.